The lowest BCUT2D eigenvalue weighted by atomic mass is 9.83. The molecule has 5 heteroatoms. The number of carbonyl (C=O) groups is 1. The topological polar surface area (TPSA) is 88.2 Å². The zero-order valence-corrected chi connectivity index (χ0v) is 10.7. The zero-order valence-electron chi connectivity index (χ0n) is 10.7. The number of amidine groups is 1. The molecule has 1 unspecified atom stereocenters. The van der Waals surface area contributed by atoms with Gasteiger partial charge in [0.1, 0.15) is 5.84 Å². The fraction of sp³-hybridized carbons (Fsp3) is 0.833. The highest BCUT2D eigenvalue weighted by atomic mass is 16.6. The molecule has 0 bridgehead atoms. The fourth-order valence-corrected chi connectivity index (χ4v) is 2.29. The van der Waals surface area contributed by atoms with E-state index in [2.05, 4.69) is 5.32 Å². The molecule has 1 saturated carbocycles. The van der Waals surface area contributed by atoms with Gasteiger partial charge in [0.15, 0.2) is 0 Å². The second kappa shape index (κ2) is 6.47. The molecule has 0 spiro atoms. The van der Waals surface area contributed by atoms with Crippen molar-refractivity contribution in [3.8, 4) is 0 Å². The van der Waals surface area contributed by atoms with E-state index in [1.165, 1.54) is 6.42 Å². The maximum absolute atomic E-state index is 11.5. The van der Waals surface area contributed by atoms with E-state index >= 15 is 0 Å². The van der Waals surface area contributed by atoms with E-state index in [4.69, 9.17) is 15.9 Å². The van der Waals surface area contributed by atoms with Gasteiger partial charge in [-0.25, -0.2) is 4.79 Å². The van der Waals surface area contributed by atoms with Crippen LogP contribution in [0.1, 0.15) is 46.0 Å². The van der Waals surface area contributed by atoms with Gasteiger partial charge in [-0.05, 0) is 32.6 Å². The summed E-state index contributed by atoms with van der Waals surface area (Å²) < 4.78 is 5.02. The molecule has 1 aliphatic rings. The van der Waals surface area contributed by atoms with E-state index in [-0.39, 0.29) is 23.9 Å². The predicted molar refractivity (Wildman–Crippen MR) is 67.0 cm³/mol. The van der Waals surface area contributed by atoms with E-state index in [0.717, 1.165) is 25.7 Å². The molecule has 1 atom stereocenters. The lowest BCUT2D eigenvalue weighted by Crippen LogP contribution is -2.49. The van der Waals surface area contributed by atoms with Crippen molar-refractivity contribution in [2.24, 2.45) is 11.7 Å². The van der Waals surface area contributed by atoms with E-state index in [9.17, 15) is 4.79 Å². The van der Waals surface area contributed by atoms with Crippen LogP contribution in [0.15, 0.2) is 0 Å². The van der Waals surface area contributed by atoms with Crippen molar-refractivity contribution in [3.05, 3.63) is 0 Å². The Labute approximate surface area is 103 Å². The Kier molecular flexibility index (Phi) is 5.25. The van der Waals surface area contributed by atoms with Crippen molar-refractivity contribution in [2.45, 2.75) is 58.1 Å². The summed E-state index contributed by atoms with van der Waals surface area (Å²) in [4.78, 5) is 11.5. The average Bonchev–Trinajstić information content (AvgIpc) is 2.25. The summed E-state index contributed by atoms with van der Waals surface area (Å²) in [7, 11) is 0. The van der Waals surface area contributed by atoms with Crippen LogP contribution in [0.4, 0.5) is 4.79 Å². The highest BCUT2D eigenvalue weighted by Gasteiger charge is 2.27. The van der Waals surface area contributed by atoms with Crippen molar-refractivity contribution >= 4 is 11.9 Å². The Hall–Kier alpha value is -1.26. The summed E-state index contributed by atoms with van der Waals surface area (Å²) in [6.45, 7) is 3.59. The number of hydrogen-bond donors (Lipinski definition) is 3. The Morgan fingerprint density at radius 2 is 1.94 bits per heavy atom. The number of carbonyl (C=O) groups excluding carboxylic acids is 1. The van der Waals surface area contributed by atoms with Gasteiger partial charge in [0.2, 0.25) is 0 Å². The third-order valence-electron chi connectivity index (χ3n) is 3.07. The minimum atomic E-state index is -0.481. The number of rotatable bonds is 4. The van der Waals surface area contributed by atoms with Crippen LogP contribution in [0, 0.1) is 11.3 Å². The minimum absolute atomic E-state index is 0.0256. The minimum Gasteiger partial charge on any atom is -0.447 e. The molecule has 0 aromatic heterocycles. The number of nitrogens with two attached hydrogens (primary N) is 1. The largest absolute Gasteiger partial charge is 0.447 e. The molecule has 0 aromatic rings. The van der Waals surface area contributed by atoms with Gasteiger partial charge in [-0.3, -0.25) is 5.41 Å². The summed E-state index contributed by atoms with van der Waals surface area (Å²) in [5.74, 6) is 0.304. The molecule has 17 heavy (non-hydrogen) atoms. The van der Waals surface area contributed by atoms with Gasteiger partial charge in [-0.2, -0.15) is 0 Å². The van der Waals surface area contributed by atoms with E-state index in [0.29, 0.717) is 0 Å². The summed E-state index contributed by atoms with van der Waals surface area (Å²) in [5, 5.41) is 10.3. The molecule has 1 rings (SSSR count). The van der Waals surface area contributed by atoms with Crippen LogP contribution in [0.3, 0.4) is 0 Å². The maximum Gasteiger partial charge on any atom is 0.407 e. The van der Waals surface area contributed by atoms with Crippen LogP contribution in [-0.2, 0) is 4.74 Å². The molecule has 5 nitrogen and oxygen atoms in total. The molecule has 0 radical (unpaired) electrons. The summed E-state index contributed by atoms with van der Waals surface area (Å²) in [5.41, 5.74) is 5.56. The van der Waals surface area contributed by atoms with Gasteiger partial charge >= 0.3 is 6.09 Å². The molecule has 1 amide bonds. The van der Waals surface area contributed by atoms with Crippen LogP contribution in [-0.4, -0.2) is 24.1 Å². The first-order valence-electron chi connectivity index (χ1n) is 6.31. The van der Waals surface area contributed by atoms with Crippen LogP contribution in [0.2, 0.25) is 0 Å². The summed E-state index contributed by atoms with van der Waals surface area (Å²) in [6, 6.07) is -0.374. The van der Waals surface area contributed by atoms with Crippen molar-refractivity contribution < 1.29 is 9.53 Å². The second-order valence-corrected chi connectivity index (χ2v) is 4.93. The van der Waals surface area contributed by atoms with Crippen LogP contribution < -0.4 is 11.1 Å². The third-order valence-corrected chi connectivity index (χ3v) is 3.07. The van der Waals surface area contributed by atoms with Gasteiger partial charge in [0.25, 0.3) is 0 Å². The Bertz CT molecular complexity index is 273. The normalized spacial score (nSPS) is 18.8. The zero-order chi connectivity index (χ0) is 12.8. The lowest BCUT2D eigenvalue weighted by molar-refractivity contribution is 0.110. The van der Waals surface area contributed by atoms with Gasteiger partial charge < -0.3 is 15.8 Å². The standard InChI is InChI=1S/C12H23N3O2/c1-8(2)17-12(16)15-10(11(13)14)9-6-4-3-5-7-9/h8-10H,3-7H2,1-2H3,(H3,13,14)(H,15,16). The van der Waals surface area contributed by atoms with Crippen LogP contribution >= 0.6 is 0 Å². The number of hydrogen-bond acceptors (Lipinski definition) is 3. The Balaban J connectivity index is 2.53. The first-order valence-corrected chi connectivity index (χ1v) is 6.31. The average molecular weight is 241 g/mol. The molecular weight excluding hydrogens is 218 g/mol. The van der Waals surface area contributed by atoms with Crippen molar-refractivity contribution in [3.63, 3.8) is 0 Å². The lowest BCUT2D eigenvalue weighted by Gasteiger charge is -2.29. The van der Waals surface area contributed by atoms with Gasteiger partial charge in [-0.15, -0.1) is 0 Å². The Morgan fingerprint density at radius 3 is 2.41 bits per heavy atom. The predicted octanol–water partition coefficient (Wildman–Crippen LogP) is 2.01. The van der Waals surface area contributed by atoms with Gasteiger partial charge in [-0.1, -0.05) is 19.3 Å². The smallest absolute Gasteiger partial charge is 0.407 e. The maximum atomic E-state index is 11.5. The third kappa shape index (κ3) is 4.63. The first kappa shape index (κ1) is 13.8. The Morgan fingerprint density at radius 1 is 1.35 bits per heavy atom. The van der Waals surface area contributed by atoms with Crippen molar-refractivity contribution in [1.29, 1.82) is 5.41 Å². The van der Waals surface area contributed by atoms with Gasteiger partial charge in [0, 0.05) is 0 Å². The molecule has 0 aliphatic heterocycles. The number of ether oxygens (including phenoxy) is 1. The van der Waals surface area contributed by atoms with Crippen molar-refractivity contribution in [2.75, 3.05) is 0 Å². The molecule has 0 aromatic carbocycles. The number of nitrogens with one attached hydrogen (secondary N) is 2. The first-order chi connectivity index (χ1) is 8.00. The summed E-state index contributed by atoms with van der Waals surface area (Å²) in [6.07, 6.45) is 4.93. The molecule has 0 saturated heterocycles. The van der Waals surface area contributed by atoms with Crippen LogP contribution in [0.25, 0.3) is 0 Å². The quantitative estimate of drug-likeness (QED) is 0.519. The molecule has 0 heterocycles. The highest BCUT2D eigenvalue weighted by molar-refractivity contribution is 5.86. The van der Waals surface area contributed by atoms with Gasteiger partial charge in [0.05, 0.1) is 12.1 Å². The second-order valence-electron chi connectivity index (χ2n) is 4.93. The van der Waals surface area contributed by atoms with Crippen molar-refractivity contribution in [1.82, 2.24) is 5.32 Å². The van der Waals surface area contributed by atoms with E-state index < -0.39 is 6.09 Å². The van der Waals surface area contributed by atoms with Crippen LogP contribution in [0.5, 0.6) is 0 Å². The monoisotopic (exact) mass is 241 g/mol. The molecule has 1 aliphatic carbocycles. The van der Waals surface area contributed by atoms with E-state index in [1.54, 1.807) is 13.8 Å². The fourth-order valence-electron chi connectivity index (χ4n) is 2.29. The molecular formula is C12H23N3O2. The van der Waals surface area contributed by atoms with E-state index in [1.807, 2.05) is 0 Å². The molecule has 4 N–H and O–H groups in total. The molecule has 98 valence electrons. The SMILES string of the molecule is CC(C)OC(=O)NC(C(=N)N)C1CCCCC1. The summed E-state index contributed by atoms with van der Waals surface area (Å²) >= 11 is 0. The number of amides is 1. The molecule has 1 fully saturated rings. The number of alkyl carbamates (subject to hydrolysis) is 1. The highest BCUT2D eigenvalue weighted by Crippen LogP contribution is 2.26.